The SMILES string of the molecule is Cc1ccc(F)cc1Oc1ncnc(NN)c1C. The van der Waals surface area contributed by atoms with Crippen molar-refractivity contribution in [1.29, 1.82) is 0 Å². The fourth-order valence-corrected chi connectivity index (χ4v) is 1.47. The minimum atomic E-state index is -0.362. The number of hydrazine groups is 1. The van der Waals surface area contributed by atoms with E-state index >= 15 is 0 Å². The van der Waals surface area contributed by atoms with Crippen LogP contribution in [0.15, 0.2) is 24.5 Å². The molecule has 0 bridgehead atoms. The van der Waals surface area contributed by atoms with Crippen LogP contribution < -0.4 is 16.0 Å². The van der Waals surface area contributed by atoms with Gasteiger partial charge in [0.25, 0.3) is 0 Å². The van der Waals surface area contributed by atoms with Gasteiger partial charge in [0.15, 0.2) is 0 Å². The van der Waals surface area contributed by atoms with Crippen molar-refractivity contribution in [1.82, 2.24) is 9.97 Å². The molecule has 0 radical (unpaired) electrons. The monoisotopic (exact) mass is 248 g/mol. The lowest BCUT2D eigenvalue weighted by Gasteiger charge is -2.11. The molecule has 18 heavy (non-hydrogen) atoms. The van der Waals surface area contributed by atoms with E-state index in [2.05, 4.69) is 15.4 Å². The summed E-state index contributed by atoms with van der Waals surface area (Å²) in [6, 6.07) is 4.33. The van der Waals surface area contributed by atoms with Crippen LogP contribution in [0.1, 0.15) is 11.1 Å². The minimum absolute atomic E-state index is 0.339. The van der Waals surface area contributed by atoms with Gasteiger partial charge in [0.1, 0.15) is 23.7 Å². The minimum Gasteiger partial charge on any atom is -0.438 e. The van der Waals surface area contributed by atoms with E-state index in [0.717, 1.165) is 5.56 Å². The molecule has 0 saturated carbocycles. The molecular formula is C12H13FN4O. The van der Waals surface area contributed by atoms with Gasteiger partial charge in [-0.2, -0.15) is 0 Å². The van der Waals surface area contributed by atoms with Crippen LogP contribution in [0.25, 0.3) is 0 Å². The van der Waals surface area contributed by atoms with Gasteiger partial charge in [0, 0.05) is 6.07 Å². The first-order chi connectivity index (χ1) is 8.61. The van der Waals surface area contributed by atoms with E-state index in [4.69, 9.17) is 10.6 Å². The fourth-order valence-electron chi connectivity index (χ4n) is 1.47. The lowest BCUT2D eigenvalue weighted by molar-refractivity contribution is 0.449. The number of nitrogen functional groups attached to an aromatic ring is 1. The number of hydrogen-bond acceptors (Lipinski definition) is 5. The second-order valence-corrected chi connectivity index (χ2v) is 3.81. The second-order valence-electron chi connectivity index (χ2n) is 3.81. The molecule has 0 unspecified atom stereocenters. The Balaban J connectivity index is 2.37. The highest BCUT2D eigenvalue weighted by Gasteiger charge is 2.10. The first-order valence-electron chi connectivity index (χ1n) is 5.34. The van der Waals surface area contributed by atoms with Gasteiger partial charge in [-0.25, -0.2) is 20.2 Å². The number of nitrogens with one attached hydrogen (secondary N) is 1. The molecule has 1 aromatic heterocycles. The Kier molecular flexibility index (Phi) is 3.38. The topological polar surface area (TPSA) is 73.1 Å². The van der Waals surface area contributed by atoms with Crippen molar-refractivity contribution < 1.29 is 9.13 Å². The first kappa shape index (κ1) is 12.3. The molecule has 0 atom stereocenters. The fraction of sp³-hybridized carbons (Fsp3) is 0.167. The molecule has 94 valence electrons. The van der Waals surface area contributed by atoms with Gasteiger partial charge in [0.2, 0.25) is 5.88 Å². The summed E-state index contributed by atoms with van der Waals surface area (Å²) in [5.74, 6) is 6.17. The van der Waals surface area contributed by atoms with Crippen LogP contribution in [0.3, 0.4) is 0 Å². The average Bonchev–Trinajstić information content (AvgIpc) is 2.36. The van der Waals surface area contributed by atoms with Crippen molar-refractivity contribution in [3.63, 3.8) is 0 Å². The number of nitrogens with two attached hydrogens (primary N) is 1. The predicted molar refractivity (Wildman–Crippen MR) is 65.8 cm³/mol. The number of benzene rings is 1. The smallest absolute Gasteiger partial charge is 0.227 e. The molecular weight excluding hydrogens is 235 g/mol. The van der Waals surface area contributed by atoms with E-state index in [0.29, 0.717) is 23.0 Å². The van der Waals surface area contributed by atoms with Crippen molar-refractivity contribution in [2.75, 3.05) is 5.43 Å². The normalized spacial score (nSPS) is 10.2. The average molecular weight is 248 g/mol. The third-order valence-corrected chi connectivity index (χ3v) is 2.53. The zero-order valence-corrected chi connectivity index (χ0v) is 10.1. The van der Waals surface area contributed by atoms with Crippen molar-refractivity contribution in [3.8, 4) is 11.6 Å². The molecule has 1 aromatic carbocycles. The molecule has 0 aliphatic rings. The van der Waals surface area contributed by atoms with E-state index in [1.807, 2.05) is 6.92 Å². The maximum atomic E-state index is 13.2. The number of halogens is 1. The van der Waals surface area contributed by atoms with Crippen LogP contribution in [0.2, 0.25) is 0 Å². The van der Waals surface area contributed by atoms with E-state index in [-0.39, 0.29) is 5.82 Å². The number of aromatic nitrogens is 2. The molecule has 6 heteroatoms. The van der Waals surface area contributed by atoms with Crippen LogP contribution >= 0.6 is 0 Å². The Labute approximate surface area is 104 Å². The van der Waals surface area contributed by atoms with Crippen LogP contribution in [0.5, 0.6) is 11.6 Å². The van der Waals surface area contributed by atoms with Crippen molar-refractivity contribution in [2.45, 2.75) is 13.8 Å². The summed E-state index contributed by atoms with van der Waals surface area (Å²) < 4.78 is 18.7. The second kappa shape index (κ2) is 4.97. The first-order valence-corrected chi connectivity index (χ1v) is 5.34. The molecule has 2 aromatic rings. The number of rotatable bonds is 3. The standard InChI is InChI=1S/C12H13FN4O/c1-7-3-4-9(13)5-10(7)18-12-8(2)11(17-14)15-6-16-12/h3-6H,14H2,1-2H3,(H,15,16,17). The molecule has 0 fully saturated rings. The Morgan fingerprint density at radius 3 is 2.78 bits per heavy atom. The van der Waals surface area contributed by atoms with E-state index in [1.54, 1.807) is 13.0 Å². The Morgan fingerprint density at radius 1 is 1.28 bits per heavy atom. The maximum absolute atomic E-state index is 13.2. The number of anilines is 1. The lowest BCUT2D eigenvalue weighted by Crippen LogP contribution is -2.11. The van der Waals surface area contributed by atoms with E-state index < -0.39 is 0 Å². The highest BCUT2D eigenvalue weighted by atomic mass is 19.1. The highest BCUT2D eigenvalue weighted by Crippen LogP contribution is 2.28. The lowest BCUT2D eigenvalue weighted by atomic mass is 10.2. The van der Waals surface area contributed by atoms with Gasteiger partial charge >= 0.3 is 0 Å². The summed E-state index contributed by atoms with van der Waals surface area (Å²) >= 11 is 0. The Bertz CT molecular complexity index is 574. The molecule has 5 nitrogen and oxygen atoms in total. The van der Waals surface area contributed by atoms with Gasteiger partial charge in [0.05, 0.1) is 5.56 Å². The zero-order valence-electron chi connectivity index (χ0n) is 10.1. The summed E-state index contributed by atoms with van der Waals surface area (Å²) in [7, 11) is 0. The van der Waals surface area contributed by atoms with Crippen molar-refractivity contribution in [3.05, 3.63) is 41.5 Å². The van der Waals surface area contributed by atoms with Gasteiger partial charge in [-0.05, 0) is 25.5 Å². The van der Waals surface area contributed by atoms with Gasteiger partial charge in [-0.1, -0.05) is 6.07 Å². The molecule has 0 amide bonds. The highest BCUT2D eigenvalue weighted by molar-refractivity contribution is 5.48. The summed E-state index contributed by atoms with van der Waals surface area (Å²) in [6.07, 6.45) is 1.33. The summed E-state index contributed by atoms with van der Waals surface area (Å²) in [5, 5.41) is 0. The zero-order chi connectivity index (χ0) is 13.1. The van der Waals surface area contributed by atoms with Crippen molar-refractivity contribution in [2.24, 2.45) is 5.84 Å². The Morgan fingerprint density at radius 2 is 2.06 bits per heavy atom. The quantitative estimate of drug-likeness (QED) is 0.644. The largest absolute Gasteiger partial charge is 0.438 e. The van der Waals surface area contributed by atoms with Crippen LogP contribution in [-0.2, 0) is 0 Å². The molecule has 0 aliphatic carbocycles. The summed E-state index contributed by atoms with van der Waals surface area (Å²) in [4.78, 5) is 7.94. The van der Waals surface area contributed by atoms with Gasteiger partial charge in [-0.15, -0.1) is 0 Å². The van der Waals surface area contributed by atoms with Crippen LogP contribution in [-0.4, -0.2) is 9.97 Å². The molecule has 0 spiro atoms. The third kappa shape index (κ3) is 2.38. The predicted octanol–water partition coefficient (Wildman–Crippen LogP) is 2.31. The third-order valence-electron chi connectivity index (χ3n) is 2.53. The summed E-state index contributed by atoms with van der Waals surface area (Å²) in [5.41, 5.74) is 3.91. The maximum Gasteiger partial charge on any atom is 0.227 e. The molecule has 3 N–H and O–H groups in total. The van der Waals surface area contributed by atoms with Crippen LogP contribution in [0.4, 0.5) is 10.2 Å². The number of hydrogen-bond donors (Lipinski definition) is 2. The van der Waals surface area contributed by atoms with E-state index in [1.165, 1.54) is 18.5 Å². The molecule has 1 heterocycles. The molecule has 0 saturated heterocycles. The Hall–Kier alpha value is -2.21. The van der Waals surface area contributed by atoms with Gasteiger partial charge < -0.3 is 10.2 Å². The van der Waals surface area contributed by atoms with Crippen LogP contribution in [0, 0.1) is 19.7 Å². The molecule has 0 aliphatic heterocycles. The number of ether oxygens (including phenoxy) is 1. The number of nitrogens with zero attached hydrogens (tertiary/aromatic N) is 2. The van der Waals surface area contributed by atoms with E-state index in [9.17, 15) is 4.39 Å². The molecule has 2 rings (SSSR count). The van der Waals surface area contributed by atoms with Crippen molar-refractivity contribution >= 4 is 5.82 Å². The summed E-state index contributed by atoms with van der Waals surface area (Å²) in [6.45, 7) is 3.59. The van der Waals surface area contributed by atoms with Gasteiger partial charge in [-0.3, -0.25) is 0 Å². The number of aryl methyl sites for hydroxylation is 1.